The van der Waals surface area contributed by atoms with Gasteiger partial charge in [0.25, 0.3) is 0 Å². The van der Waals surface area contributed by atoms with Crippen LogP contribution in [0.15, 0.2) is 36.5 Å². The van der Waals surface area contributed by atoms with Crippen LogP contribution in [0.25, 0.3) is 11.3 Å². The Morgan fingerprint density at radius 1 is 1.04 bits per heavy atom. The Hall–Kier alpha value is -1.70. The number of nitrogens with zero attached hydrogens (tertiary/aromatic N) is 1. The van der Waals surface area contributed by atoms with E-state index in [1.165, 1.54) is 44.1 Å². The number of hydrogen-bond acceptors (Lipinski definition) is 1. The van der Waals surface area contributed by atoms with Gasteiger partial charge < -0.3 is 0 Å². The fourth-order valence-electron chi connectivity index (χ4n) is 3.90. The Balaban J connectivity index is 1.69. The molecule has 0 radical (unpaired) electrons. The van der Waals surface area contributed by atoms with Crippen LogP contribution in [0.4, 0.5) is 4.39 Å². The number of benzene rings is 1. The monoisotopic (exact) mass is 339 g/mol. The predicted molar refractivity (Wildman–Crippen MR) is 103 cm³/mol. The molecule has 0 aliphatic heterocycles. The summed E-state index contributed by atoms with van der Waals surface area (Å²) in [5, 5.41) is 0. The van der Waals surface area contributed by atoms with Crippen molar-refractivity contribution in [2.45, 2.75) is 71.1 Å². The minimum Gasteiger partial charge on any atom is -0.256 e. The molecule has 0 bridgehead atoms. The maximum Gasteiger partial charge on any atom is 0.132 e. The van der Waals surface area contributed by atoms with Crippen LogP contribution in [0.2, 0.25) is 0 Å². The SMILES string of the molecule is CCCCCc1ccc(-c2ccc([C@H]3CC[C@H](C)CC3)cn2)c(F)c1. The Kier molecular flexibility index (Phi) is 6.23. The summed E-state index contributed by atoms with van der Waals surface area (Å²) >= 11 is 0. The Morgan fingerprint density at radius 3 is 2.48 bits per heavy atom. The van der Waals surface area contributed by atoms with Crippen LogP contribution < -0.4 is 0 Å². The van der Waals surface area contributed by atoms with E-state index in [4.69, 9.17) is 0 Å². The molecular formula is C23H30FN. The summed E-state index contributed by atoms with van der Waals surface area (Å²) in [5.41, 5.74) is 3.75. The van der Waals surface area contributed by atoms with Gasteiger partial charge in [0.1, 0.15) is 5.82 Å². The molecule has 1 aliphatic carbocycles. The van der Waals surface area contributed by atoms with Crippen molar-refractivity contribution in [2.75, 3.05) is 0 Å². The van der Waals surface area contributed by atoms with Crippen LogP contribution in [-0.2, 0) is 6.42 Å². The predicted octanol–water partition coefficient (Wildman–Crippen LogP) is 6.91. The fraction of sp³-hybridized carbons (Fsp3) is 0.522. The van der Waals surface area contributed by atoms with Crippen LogP contribution in [0, 0.1) is 11.7 Å². The van der Waals surface area contributed by atoms with Gasteiger partial charge in [0.2, 0.25) is 0 Å². The molecule has 1 aromatic carbocycles. The van der Waals surface area contributed by atoms with Gasteiger partial charge in [-0.25, -0.2) is 4.39 Å². The minimum atomic E-state index is -0.152. The van der Waals surface area contributed by atoms with Crippen molar-refractivity contribution < 1.29 is 4.39 Å². The van der Waals surface area contributed by atoms with Gasteiger partial charge >= 0.3 is 0 Å². The second-order valence-corrected chi connectivity index (χ2v) is 7.70. The van der Waals surface area contributed by atoms with Crippen molar-refractivity contribution in [2.24, 2.45) is 5.92 Å². The van der Waals surface area contributed by atoms with E-state index < -0.39 is 0 Å². The summed E-state index contributed by atoms with van der Waals surface area (Å²) in [6.07, 6.45) is 11.6. The van der Waals surface area contributed by atoms with Crippen LogP contribution in [0.5, 0.6) is 0 Å². The zero-order valence-electron chi connectivity index (χ0n) is 15.6. The van der Waals surface area contributed by atoms with Crippen LogP contribution in [-0.4, -0.2) is 4.98 Å². The third kappa shape index (κ3) is 4.68. The Morgan fingerprint density at radius 2 is 1.84 bits per heavy atom. The molecule has 0 saturated heterocycles. The van der Waals surface area contributed by atoms with Gasteiger partial charge in [-0.1, -0.05) is 51.7 Å². The molecule has 1 aliphatic rings. The summed E-state index contributed by atoms with van der Waals surface area (Å²) in [4.78, 5) is 4.57. The average Bonchev–Trinajstić information content (AvgIpc) is 2.63. The lowest BCUT2D eigenvalue weighted by atomic mass is 9.80. The molecule has 1 fully saturated rings. The molecule has 3 rings (SSSR count). The third-order valence-corrected chi connectivity index (χ3v) is 5.65. The maximum atomic E-state index is 14.5. The van der Waals surface area contributed by atoms with Crippen molar-refractivity contribution in [1.82, 2.24) is 4.98 Å². The number of aryl methyl sites for hydroxylation is 1. The van der Waals surface area contributed by atoms with Gasteiger partial charge in [-0.3, -0.25) is 4.98 Å². The molecule has 0 atom stereocenters. The van der Waals surface area contributed by atoms with Crippen molar-refractivity contribution in [3.05, 3.63) is 53.5 Å². The molecule has 2 heteroatoms. The summed E-state index contributed by atoms with van der Waals surface area (Å²) in [6.45, 7) is 4.53. The molecule has 0 amide bonds. The van der Waals surface area contributed by atoms with Crippen LogP contribution in [0.3, 0.4) is 0 Å². The smallest absolute Gasteiger partial charge is 0.132 e. The summed E-state index contributed by atoms with van der Waals surface area (Å²) in [5.74, 6) is 1.33. The van der Waals surface area contributed by atoms with E-state index in [0.29, 0.717) is 11.5 Å². The van der Waals surface area contributed by atoms with Gasteiger partial charge in [-0.05, 0) is 66.8 Å². The van der Waals surface area contributed by atoms with E-state index in [1.807, 2.05) is 24.4 Å². The first kappa shape index (κ1) is 18.1. The Labute approximate surface area is 151 Å². The van der Waals surface area contributed by atoms with E-state index >= 15 is 0 Å². The highest BCUT2D eigenvalue weighted by Crippen LogP contribution is 2.35. The highest BCUT2D eigenvalue weighted by Gasteiger charge is 2.20. The third-order valence-electron chi connectivity index (χ3n) is 5.65. The van der Waals surface area contributed by atoms with Gasteiger partial charge in [0.15, 0.2) is 0 Å². The van der Waals surface area contributed by atoms with E-state index in [9.17, 15) is 4.39 Å². The van der Waals surface area contributed by atoms with Crippen molar-refractivity contribution in [3.63, 3.8) is 0 Å². The van der Waals surface area contributed by atoms with E-state index in [2.05, 4.69) is 24.9 Å². The molecule has 134 valence electrons. The van der Waals surface area contributed by atoms with Crippen molar-refractivity contribution >= 4 is 0 Å². The van der Waals surface area contributed by atoms with E-state index in [-0.39, 0.29) is 5.82 Å². The normalized spacial score (nSPS) is 20.6. The molecule has 1 aromatic heterocycles. The first-order valence-corrected chi connectivity index (χ1v) is 9.92. The van der Waals surface area contributed by atoms with E-state index in [0.717, 1.165) is 30.0 Å². The van der Waals surface area contributed by atoms with Crippen molar-refractivity contribution in [3.8, 4) is 11.3 Å². The summed E-state index contributed by atoms with van der Waals surface area (Å²) < 4.78 is 14.5. The molecule has 1 heterocycles. The highest BCUT2D eigenvalue weighted by molar-refractivity contribution is 5.60. The zero-order chi connectivity index (χ0) is 17.6. The first-order chi connectivity index (χ1) is 12.2. The van der Waals surface area contributed by atoms with Gasteiger partial charge in [-0.2, -0.15) is 0 Å². The second-order valence-electron chi connectivity index (χ2n) is 7.70. The number of hydrogen-bond donors (Lipinski definition) is 0. The van der Waals surface area contributed by atoms with E-state index in [1.54, 1.807) is 6.07 Å². The van der Waals surface area contributed by atoms with Gasteiger partial charge in [0.05, 0.1) is 5.69 Å². The lowest BCUT2D eigenvalue weighted by Gasteiger charge is -2.26. The lowest BCUT2D eigenvalue weighted by molar-refractivity contribution is 0.347. The van der Waals surface area contributed by atoms with Crippen LogP contribution in [0.1, 0.15) is 75.8 Å². The van der Waals surface area contributed by atoms with Crippen LogP contribution >= 0.6 is 0 Å². The molecule has 1 nitrogen and oxygen atoms in total. The fourth-order valence-corrected chi connectivity index (χ4v) is 3.90. The Bertz CT molecular complexity index is 669. The summed E-state index contributed by atoms with van der Waals surface area (Å²) in [7, 11) is 0. The molecule has 1 saturated carbocycles. The number of halogens is 1. The molecular weight excluding hydrogens is 309 g/mol. The summed E-state index contributed by atoms with van der Waals surface area (Å²) in [6, 6.07) is 9.76. The highest BCUT2D eigenvalue weighted by atomic mass is 19.1. The topological polar surface area (TPSA) is 12.9 Å². The minimum absolute atomic E-state index is 0.152. The molecule has 0 unspecified atom stereocenters. The lowest BCUT2D eigenvalue weighted by Crippen LogP contribution is -2.11. The average molecular weight is 339 g/mol. The number of rotatable bonds is 6. The zero-order valence-corrected chi connectivity index (χ0v) is 15.6. The van der Waals surface area contributed by atoms with Gasteiger partial charge in [0, 0.05) is 11.8 Å². The standard InChI is InChI=1S/C23H30FN/c1-3-4-5-6-18-9-13-21(22(24)15-18)23-14-12-20(16-25-23)19-10-7-17(2)8-11-19/h9,12-17,19H,3-8,10-11H2,1-2H3/t17-,19-. The van der Waals surface area contributed by atoms with Crippen molar-refractivity contribution in [1.29, 1.82) is 0 Å². The number of unbranched alkanes of at least 4 members (excludes halogenated alkanes) is 2. The molecule has 25 heavy (non-hydrogen) atoms. The number of pyridine rings is 1. The van der Waals surface area contributed by atoms with Gasteiger partial charge in [-0.15, -0.1) is 0 Å². The second kappa shape index (κ2) is 8.60. The first-order valence-electron chi connectivity index (χ1n) is 9.92. The molecule has 2 aromatic rings. The quantitative estimate of drug-likeness (QED) is 0.521. The molecule has 0 spiro atoms. The maximum absolute atomic E-state index is 14.5. The largest absolute Gasteiger partial charge is 0.256 e. The number of aromatic nitrogens is 1. The molecule has 0 N–H and O–H groups in total.